The molecular weight excluding hydrogens is 242 g/mol. The fourth-order valence-corrected chi connectivity index (χ4v) is 1.76. The summed E-state index contributed by atoms with van der Waals surface area (Å²) in [7, 11) is 3.01. The van der Waals surface area contributed by atoms with Crippen molar-refractivity contribution < 1.29 is 9.53 Å². The normalized spacial score (nSPS) is 10.0. The lowest BCUT2D eigenvalue weighted by atomic mass is 10.1. The summed E-state index contributed by atoms with van der Waals surface area (Å²) in [5, 5.41) is 0. The Kier molecular flexibility index (Phi) is 3.66. The molecule has 1 heterocycles. The average Bonchev–Trinajstić information content (AvgIpc) is 2.46. The molecule has 98 valence electrons. The molecule has 0 saturated heterocycles. The van der Waals surface area contributed by atoms with E-state index in [9.17, 15) is 4.79 Å². The van der Waals surface area contributed by atoms with Gasteiger partial charge in [0.15, 0.2) is 0 Å². The van der Waals surface area contributed by atoms with Crippen molar-refractivity contribution in [3.8, 4) is 11.1 Å². The summed E-state index contributed by atoms with van der Waals surface area (Å²) < 4.78 is 4.69. The van der Waals surface area contributed by atoms with E-state index < -0.39 is 6.09 Å². The Labute approximate surface area is 111 Å². The van der Waals surface area contributed by atoms with E-state index in [4.69, 9.17) is 5.73 Å². The fourth-order valence-electron chi connectivity index (χ4n) is 1.76. The Morgan fingerprint density at radius 3 is 2.68 bits per heavy atom. The van der Waals surface area contributed by atoms with Crippen molar-refractivity contribution in [1.82, 2.24) is 4.98 Å². The third-order valence-electron chi connectivity index (χ3n) is 2.80. The van der Waals surface area contributed by atoms with Crippen LogP contribution in [0, 0.1) is 0 Å². The topological polar surface area (TPSA) is 68.5 Å². The summed E-state index contributed by atoms with van der Waals surface area (Å²) in [6.45, 7) is 0. The molecule has 0 spiro atoms. The maximum Gasteiger partial charge on any atom is 0.413 e. The Morgan fingerprint density at radius 2 is 2.00 bits per heavy atom. The number of rotatable bonds is 2. The summed E-state index contributed by atoms with van der Waals surface area (Å²) in [4.78, 5) is 16.9. The number of pyridine rings is 1. The van der Waals surface area contributed by atoms with E-state index in [2.05, 4.69) is 9.72 Å². The van der Waals surface area contributed by atoms with Gasteiger partial charge in [-0.2, -0.15) is 0 Å². The molecule has 2 aromatic rings. The zero-order chi connectivity index (χ0) is 13.8. The maximum atomic E-state index is 11.5. The lowest BCUT2D eigenvalue weighted by Gasteiger charge is -2.16. The number of carbonyl (C=O) groups excluding carboxylic acids is 1. The largest absolute Gasteiger partial charge is 0.452 e. The minimum Gasteiger partial charge on any atom is -0.452 e. The molecule has 19 heavy (non-hydrogen) atoms. The van der Waals surface area contributed by atoms with Crippen molar-refractivity contribution in [2.75, 3.05) is 24.8 Å². The maximum absolute atomic E-state index is 11.5. The second-order valence-corrected chi connectivity index (χ2v) is 4.05. The van der Waals surface area contributed by atoms with Gasteiger partial charge in [0.05, 0.1) is 7.11 Å². The van der Waals surface area contributed by atoms with Crippen LogP contribution in [0.15, 0.2) is 42.6 Å². The van der Waals surface area contributed by atoms with Crippen LogP contribution >= 0.6 is 0 Å². The number of nitrogens with two attached hydrogens (primary N) is 1. The molecule has 0 saturated carbocycles. The molecular formula is C14H15N3O2. The molecule has 2 rings (SSSR count). The zero-order valence-corrected chi connectivity index (χ0v) is 10.8. The quantitative estimate of drug-likeness (QED) is 0.897. The SMILES string of the molecule is COC(=O)N(C)c1cccc(-c2ccnc(N)c2)c1. The number of amides is 1. The van der Waals surface area contributed by atoms with E-state index >= 15 is 0 Å². The summed E-state index contributed by atoms with van der Waals surface area (Å²) in [5.74, 6) is 0.462. The summed E-state index contributed by atoms with van der Waals surface area (Å²) in [6, 6.07) is 11.2. The van der Waals surface area contributed by atoms with Gasteiger partial charge in [0.1, 0.15) is 5.82 Å². The average molecular weight is 257 g/mol. The monoisotopic (exact) mass is 257 g/mol. The molecule has 0 fully saturated rings. The van der Waals surface area contributed by atoms with Crippen LogP contribution in [0.3, 0.4) is 0 Å². The van der Waals surface area contributed by atoms with Gasteiger partial charge in [0.25, 0.3) is 0 Å². The molecule has 0 bridgehead atoms. The standard InChI is InChI=1S/C14H15N3O2/c1-17(14(18)19-2)12-5-3-4-10(8-12)11-6-7-16-13(15)9-11/h3-9H,1-2H3,(H2,15,16). The van der Waals surface area contributed by atoms with Crippen LogP contribution < -0.4 is 10.6 Å². The number of ether oxygens (including phenoxy) is 1. The Morgan fingerprint density at radius 1 is 1.26 bits per heavy atom. The van der Waals surface area contributed by atoms with E-state index in [-0.39, 0.29) is 0 Å². The van der Waals surface area contributed by atoms with Crippen molar-refractivity contribution in [3.05, 3.63) is 42.6 Å². The van der Waals surface area contributed by atoms with Gasteiger partial charge in [-0.3, -0.25) is 4.90 Å². The van der Waals surface area contributed by atoms with Crippen LogP contribution in [0.1, 0.15) is 0 Å². The van der Waals surface area contributed by atoms with Gasteiger partial charge in [-0.25, -0.2) is 9.78 Å². The first-order chi connectivity index (χ1) is 9.11. The van der Waals surface area contributed by atoms with Gasteiger partial charge in [0, 0.05) is 18.9 Å². The Hall–Kier alpha value is -2.56. The molecule has 1 amide bonds. The Balaban J connectivity index is 2.37. The van der Waals surface area contributed by atoms with E-state index in [1.54, 1.807) is 19.3 Å². The minimum atomic E-state index is -0.411. The molecule has 0 atom stereocenters. The second-order valence-electron chi connectivity index (χ2n) is 4.05. The number of anilines is 2. The van der Waals surface area contributed by atoms with Crippen LogP contribution in [-0.4, -0.2) is 25.2 Å². The molecule has 2 N–H and O–H groups in total. The molecule has 5 nitrogen and oxygen atoms in total. The molecule has 0 aliphatic rings. The van der Waals surface area contributed by atoms with Crippen LogP contribution in [0.5, 0.6) is 0 Å². The van der Waals surface area contributed by atoms with Gasteiger partial charge in [-0.1, -0.05) is 12.1 Å². The van der Waals surface area contributed by atoms with E-state index in [1.165, 1.54) is 12.0 Å². The second kappa shape index (κ2) is 5.39. The minimum absolute atomic E-state index is 0.411. The highest BCUT2D eigenvalue weighted by atomic mass is 16.5. The highest BCUT2D eigenvalue weighted by molar-refractivity contribution is 5.88. The van der Waals surface area contributed by atoms with Crippen LogP contribution in [0.2, 0.25) is 0 Å². The smallest absolute Gasteiger partial charge is 0.413 e. The molecule has 0 aliphatic heterocycles. The number of hydrogen-bond acceptors (Lipinski definition) is 4. The Bertz CT molecular complexity index is 599. The first kappa shape index (κ1) is 12.9. The number of methoxy groups -OCH3 is 1. The third-order valence-corrected chi connectivity index (χ3v) is 2.80. The van der Waals surface area contributed by atoms with Crippen LogP contribution in [0.4, 0.5) is 16.3 Å². The number of hydrogen-bond donors (Lipinski definition) is 1. The lowest BCUT2D eigenvalue weighted by molar-refractivity contribution is 0.180. The first-order valence-electron chi connectivity index (χ1n) is 5.75. The number of aromatic nitrogens is 1. The van der Waals surface area contributed by atoms with Gasteiger partial charge in [-0.15, -0.1) is 0 Å². The fraction of sp³-hybridized carbons (Fsp3) is 0.143. The molecule has 0 unspecified atom stereocenters. The van der Waals surface area contributed by atoms with Crippen molar-refractivity contribution in [1.29, 1.82) is 0 Å². The molecule has 0 aliphatic carbocycles. The van der Waals surface area contributed by atoms with Gasteiger partial charge >= 0.3 is 6.09 Å². The molecule has 1 aromatic heterocycles. The van der Waals surface area contributed by atoms with Crippen LogP contribution in [0.25, 0.3) is 11.1 Å². The first-order valence-corrected chi connectivity index (χ1v) is 5.75. The van der Waals surface area contributed by atoms with Crippen molar-refractivity contribution in [2.24, 2.45) is 0 Å². The summed E-state index contributed by atoms with van der Waals surface area (Å²) in [5.41, 5.74) is 8.33. The third kappa shape index (κ3) is 2.82. The predicted molar refractivity (Wildman–Crippen MR) is 74.9 cm³/mol. The van der Waals surface area contributed by atoms with E-state index in [0.717, 1.165) is 16.8 Å². The number of carbonyl (C=O) groups is 1. The number of nitrogen functional groups attached to an aromatic ring is 1. The van der Waals surface area contributed by atoms with Crippen LogP contribution in [-0.2, 0) is 4.74 Å². The summed E-state index contributed by atoms with van der Waals surface area (Å²) in [6.07, 6.45) is 1.24. The lowest BCUT2D eigenvalue weighted by Crippen LogP contribution is -2.25. The van der Waals surface area contributed by atoms with Crippen molar-refractivity contribution in [2.45, 2.75) is 0 Å². The highest BCUT2D eigenvalue weighted by Gasteiger charge is 2.11. The van der Waals surface area contributed by atoms with Gasteiger partial charge in [0.2, 0.25) is 0 Å². The van der Waals surface area contributed by atoms with E-state index in [1.807, 2.05) is 30.3 Å². The molecule has 0 radical (unpaired) electrons. The van der Waals surface area contributed by atoms with Crippen molar-refractivity contribution in [3.63, 3.8) is 0 Å². The highest BCUT2D eigenvalue weighted by Crippen LogP contribution is 2.25. The van der Waals surface area contributed by atoms with Crippen molar-refractivity contribution >= 4 is 17.6 Å². The van der Waals surface area contributed by atoms with E-state index in [0.29, 0.717) is 5.82 Å². The zero-order valence-electron chi connectivity index (χ0n) is 10.8. The van der Waals surface area contributed by atoms with Gasteiger partial charge < -0.3 is 10.5 Å². The number of nitrogens with zero attached hydrogens (tertiary/aromatic N) is 2. The summed E-state index contributed by atoms with van der Waals surface area (Å²) >= 11 is 0. The molecule has 5 heteroatoms. The molecule has 1 aromatic carbocycles. The predicted octanol–water partition coefficient (Wildman–Crippen LogP) is 2.53. The van der Waals surface area contributed by atoms with Gasteiger partial charge in [-0.05, 0) is 35.4 Å². The number of benzene rings is 1.